The summed E-state index contributed by atoms with van der Waals surface area (Å²) in [6.07, 6.45) is 0. The average molecular weight is 484 g/mol. The van der Waals surface area contributed by atoms with Gasteiger partial charge in [-0.1, -0.05) is 36.4 Å². The van der Waals surface area contributed by atoms with Crippen molar-refractivity contribution in [3.8, 4) is 0 Å². The highest BCUT2D eigenvalue weighted by molar-refractivity contribution is 14.0. The molecule has 8 heteroatoms. The van der Waals surface area contributed by atoms with E-state index in [9.17, 15) is 14.5 Å². The van der Waals surface area contributed by atoms with Gasteiger partial charge in [-0.25, -0.2) is 9.38 Å². The molecule has 0 saturated carbocycles. The van der Waals surface area contributed by atoms with Crippen molar-refractivity contribution in [2.24, 2.45) is 4.99 Å². The molecule has 0 atom stereocenters. The Balaban J connectivity index is 0.00000364. The third-order valence-corrected chi connectivity index (χ3v) is 3.50. The smallest absolute Gasteiger partial charge is 0.269 e. The van der Waals surface area contributed by atoms with Gasteiger partial charge in [0.1, 0.15) is 5.82 Å². The maximum absolute atomic E-state index is 13.0. The molecule has 0 radical (unpaired) electrons. The van der Waals surface area contributed by atoms with E-state index in [2.05, 4.69) is 22.2 Å². The van der Waals surface area contributed by atoms with Crippen LogP contribution in [0.3, 0.4) is 0 Å². The molecule has 0 bridgehead atoms. The van der Waals surface area contributed by atoms with E-state index in [0.717, 1.165) is 16.7 Å². The van der Waals surface area contributed by atoms with Crippen molar-refractivity contribution in [2.45, 2.75) is 20.0 Å². The molecule has 0 aliphatic rings. The first-order chi connectivity index (χ1) is 12.4. The fraction of sp³-hybridized carbons (Fsp3) is 0.211. The van der Waals surface area contributed by atoms with Gasteiger partial charge in [-0.15, -0.1) is 24.0 Å². The predicted molar refractivity (Wildman–Crippen MR) is 116 cm³/mol. The molecule has 0 spiro atoms. The number of nitrogens with zero attached hydrogens (tertiary/aromatic N) is 2. The molecule has 27 heavy (non-hydrogen) atoms. The summed E-state index contributed by atoms with van der Waals surface area (Å²) in [7, 11) is 0. The summed E-state index contributed by atoms with van der Waals surface area (Å²) in [5, 5.41) is 17.0. The fourth-order valence-corrected chi connectivity index (χ4v) is 2.09. The third-order valence-electron chi connectivity index (χ3n) is 3.50. The van der Waals surface area contributed by atoms with Gasteiger partial charge in [0.05, 0.1) is 11.5 Å². The zero-order valence-corrected chi connectivity index (χ0v) is 17.3. The summed E-state index contributed by atoms with van der Waals surface area (Å²) in [4.78, 5) is 14.7. The van der Waals surface area contributed by atoms with Crippen LogP contribution in [0.25, 0.3) is 0 Å². The molecule has 2 aromatic carbocycles. The second-order valence-corrected chi connectivity index (χ2v) is 5.88. The second kappa shape index (κ2) is 11.3. The highest BCUT2D eigenvalue weighted by Gasteiger charge is 2.05. The topological polar surface area (TPSA) is 79.6 Å². The van der Waals surface area contributed by atoms with Crippen LogP contribution in [-0.4, -0.2) is 17.4 Å². The van der Waals surface area contributed by atoms with Crippen LogP contribution in [0.5, 0.6) is 0 Å². The van der Waals surface area contributed by atoms with Crippen molar-refractivity contribution in [3.63, 3.8) is 0 Å². The number of benzene rings is 2. The molecule has 2 N–H and O–H groups in total. The van der Waals surface area contributed by atoms with Gasteiger partial charge in [-0.3, -0.25) is 10.1 Å². The molecule has 6 nitrogen and oxygen atoms in total. The summed E-state index contributed by atoms with van der Waals surface area (Å²) in [6, 6.07) is 12.5. The number of nitro benzene ring substituents is 1. The number of hydrogen-bond acceptors (Lipinski definition) is 3. The van der Waals surface area contributed by atoms with E-state index in [4.69, 9.17) is 0 Å². The standard InChI is InChI=1S/C19H21FN4O2.HI/c1-14(2)11-21-19(22-12-15-3-7-17(20)8-4-15)23-13-16-5-9-18(10-6-16)24(25)26;/h3-10H,1,11-13H2,2H3,(H2,21,22,23);1H. The number of rotatable bonds is 7. The van der Waals surface area contributed by atoms with E-state index in [-0.39, 0.29) is 35.5 Å². The molecule has 0 aliphatic carbocycles. The van der Waals surface area contributed by atoms with Crippen LogP contribution in [-0.2, 0) is 13.1 Å². The number of nitro groups is 1. The Morgan fingerprint density at radius 3 is 2.26 bits per heavy atom. The number of halogens is 2. The molecule has 0 unspecified atom stereocenters. The highest BCUT2D eigenvalue weighted by atomic mass is 127. The lowest BCUT2D eigenvalue weighted by molar-refractivity contribution is -0.384. The molecular formula is C19H22FIN4O2. The first-order valence-corrected chi connectivity index (χ1v) is 8.08. The lowest BCUT2D eigenvalue weighted by Gasteiger charge is -2.13. The van der Waals surface area contributed by atoms with E-state index in [1.807, 2.05) is 6.92 Å². The van der Waals surface area contributed by atoms with Crippen LogP contribution < -0.4 is 10.6 Å². The fourth-order valence-electron chi connectivity index (χ4n) is 2.09. The highest BCUT2D eigenvalue weighted by Crippen LogP contribution is 2.11. The maximum Gasteiger partial charge on any atom is 0.269 e. The zero-order valence-electron chi connectivity index (χ0n) is 14.9. The molecule has 144 valence electrons. The SMILES string of the molecule is C=C(C)CNC(=NCc1ccc(F)cc1)NCc1ccc([N+](=O)[O-])cc1.I. The Bertz CT molecular complexity index is 792. The van der Waals surface area contributed by atoms with Crippen molar-refractivity contribution in [2.75, 3.05) is 6.54 Å². The van der Waals surface area contributed by atoms with E-state index >= 15 is 0 Å². The minimum atomic E-state index is -0.429. The average Bonchev–Trinajstić information content (AvgIpc) is 2.62. The Morgan fingerprint density at radius 1 is 1.11 bits per heavy atom. The molecule has 0 heterocycles. The first kappa shape index (κ1) is 22.6. The Hall–Kier alpha value is -2.49. The summed E-state index contributed by atoms with van der Waals surface area (Å²) in [5.74, 6) is 0.297. The van der Waals surface area contributed by atoms with E-state index in [1.54, 1.807) is 24.3 Å². The third kappa shape index (κ3) is 8.16. The lowest BCUT2D eigenvalue weighted by Crippen LogP contribution is -2.37. The normalized spacial score (nSPS) is 10.7. The summed E-state index contributed by atoms with van der Waals surface area (Å²) in [5.41, 5.74) is 2.79. The van der Waals surface area contributed by atoms with Crippen molar-refractivity contribution < 1.29 is 9.31 Å². The van der Waals surface area contributed by atoms with Gasteiger partial charge < -0.3 is 10.6 Å². The van der Waals surface area contributed by atoms with Crippen molar-refractivity contribution >= 4 is 35.6 Å². The van der Waals surface area contributed by atoms with Gasteiger partial charge in [0.25, 0.3) is 5.69 Å². The van der Waals surface area contributed by atoms with Crippen molar-refractivity contribution in [3.05, 3.63) is 87.7 Å². The number of aliphatic imine (C=N–C) groups is 1. The molecule has 2 rings (SSSR count). The quantitative estimate of drug-likeness (QED) is 0.155. The number of guanidine groups is 1. The van der Waals surface area contributed by atoms with Crippen LogP contribution in [0.1, 0.15) is 18.1 Å². The molecular weight excluding hydrogens is 462 g/mol. The maximum atomic E-state index is 13.0. The van der Waals surface area contributed by atoms with Crippen molar-refractivity contribution in [1.29, 1.82) is 0 Å². The van der Waals surface area contributed by atoms with Crippen LogP contribution in [0, 0.1) is 15.9 Å². The van der Waals surface area contributed by atoms with Gasteiger partial charge >= 0.3 is 0 Å². The Labute approximate surface area is 174 Å². The van der Waals surface area contributed by atoms with Gasteiger partial charge in [0, 0.05) is 25.2 Å². The zero-order chi connectivity index (χ0) is 18.9. The summed E-state index contributed by atoms with van der Waals surface area (Å²) >= 11 is 0. The van der Waals surface area contributed by atoms with Crippen LogP contribution >= 0.6 is 24.0 Å². The van der Waals surface area contributed by atoms with E-state index < -0.39 is 4.92 Å². The largest absolute Gasteiger partial charge is 0.353 e. The van der Waals surface area contributed by atoms with Gasteiger partial charge in [0.2, 0.25) is 0 Å². The van der Waals surface area contributed by atoms with E-state index in [1.165, 1.54) is 24.3 Å². The van der Waals surface area contributed by atoms with Crippen molar-refractivity contribution in [1.82, 2.24) is 10.6 Å². The monoisotopic (exact) mass is 484 g/mol. The van der Waals surface area contributed by atoms with E-state index in [0.29, 0.717) is 25.6 Å². The Morgan fingerprint density at radius 2 is 1.70 bits per heavy atom. The summed E-state index contributed by atoms with van der Waals surface area (Å²) in [6.45, 7) is 7.17. The number of hydrogen-bond donors (Lipinski definition) is 2. The molecule has 0 aliphatic heterocycles. The predicted octanol–water partition coefficient (Wildman–Crippen LogP) is 4.16. The summed E-state index contributed by atoms with van der Waals surface area (Å²) < 4.78 is 13.0. The molecule has 0 fully saturated rings. The molecule has 0 aromatic heterocycles. The first-order valence-electron chi connectivity index (χ1n) is 8.08. The van der Waals surface area contributed by atoms with Crippen LogP contribution in [0.15, 0.2) is 65.7 Å². The second-order valence-electron chi connectivity index (χ2n) is 5.88. The number of nitrogens with one attached hydrogen (secondary N) is 2. The van der Waals surface area contributed by atoms with Crippen LogP contribution in [0.4, 0.5) is 10.1 Å². The molecule has 0 amide bonds. The minimum absolute atomic E-state index is 0. The molecule has 2 aromatic rings. The Kier molecular flexibility index (Phi) is 9.41. The minimum Gasteiger partial charge on any atom is -0.353 e. The van der Waals surface area contributed by atoms with Gasteiger partial charge in [0.15, 0.2) is 5.96 Å². The lowest BCUT2D eigenvalue weighted by atomic mass is 10.2. The number of non-ortho nitro benzene ring substituents is 1. The molecule has 0 saturated heterocycles. The van der Waals surface area contributed by atoms with Gasteiger partial charge in [-0.2, -0.15) is 0 Å². The van der Waals surface area contributed by atoms with Gasteiger partial charge in [-0.05, 0) is 30.2 Å². The van der Waals surface area contributed by atoms with Crippen LogP contribution in [0.2, 0.25) is 0 Å².